The van der Waals surface area contributed by atoms with Gasteiger partial charge >= 0.3 is 0 Å². The Morgan fingerprint density at radius 3 is 2.93 bits per heavy atom. The molecule has 0 saturated carbocycles. The highest BCUT2D eigenvalue weighted by atomic mass is 32.1. The number of likely N-dealkylation sites (tertiary alicyclic amines) is 1. The fourth-order valence-electron chi connectivity index (χ4n) is 3.67. The van der Waals surface area contributed by atoms with Gasteiger partial charge in [-0.2, -0.15) is 5.26 Å². The molecule has 7 heteroatoms. The number of carbonyl (C=O) groups is 1. The van der Waals surface area contributed by atoms with Gasteiger partial charge in [0.2, 0.25) is 0 Å². The van der Waals surface area contributed by atoms with E-state index in [1.807, 2.05) is 30.0 Å². The van der Waals surface area contributed by atoms with Gasteiger partial charge in [-0.1, -0.05) is 12.1 Å². The smallest absolute Gasteiger partial charge is 0.260 e. The number of para-hydroxylation sites is 1. The number of thiazole rings is 1. The van der Waals surface area contributed by atoms with E-state index in [-0.39, 0.29) is 18.4 Å². The zero-order valence-electron chi connectivity index (χ0n) is 16.8. The first-order chi connectivity index (χ1) is 14.7. The lowest BCUT2D eigenvalue weighted by molar-refractivity contribution is -0.134. The minimum absolute atomic E-state index is 0.0485. The van der Waals surface area contributed by atoms with Crippen LogP contribution in [-0.4, -0.2) is 42.1 Å². The Balaban J connectivity index is 1.41. The number of piperidine rings is 1. The number of hydrogen-bond acceptors (Lipinski definition) is 6. The van der Waals surface area contributed by atoms with Crippen molar-refractivity contribution >= 4 is 27.5 Å². The molecule has 154 valence electrons. The number of aromatic nitrogens is 1. The number of fused-ring (bicyclic) bond motifs is 1. The Kier molecular flexibility index (Phi) is 6.15. The van der Waals surface area contributed by atoms with Gasteiger partial charge in [0.05, 0.1) is 33.5 Å². The minimum Gasteiger partial charge on any atom is -0.490 e. The maximum Gasteiger partial charge on any atom is 0.260 e. The highest BCUT2D eigenvalue weighted by Gasteiger charge is 2.27. The van der Waals surface area contributed by atoms with Crippen LogP contribution in [0.5, 0.6) is 11.5 Å². The first-order valence-electron chi connectivity index (χ1n) is 10.1. The maximum atomic E-state index is 12.8. The number of carbonyl (C=O) groups excluding carboxylic acids is 1. The van der Waals surface area contributed by atoms with Crippen LogP contribution in [-0.2, 0) is 4.79 Å². The quantitative estimate of drug-likeness (QED) is 0.591. The molecular formula is C23H23N3O3S. The zero-order valence-corrected chi connectivity index (χ0v) is 17.7. The topological polar surface area (TPSA) is 75.5 Å². The number of nitrogens with zero attached hydrogens (tertiary/aromatic N) is 3. The highest BCUT2D eigenvalue weighted by molar-refractivity contribution is 7.18. The van der Waals surface area contributed by atoms with E-state index < -0.39 is 0 Å². The molecule has 6 nitrogen and oxygen atoms in total. The van der Waals surface area contributed by atoms with Gasteiger partial charge < -0.3 is 14.4 Å². The van der Waals surface area contributed by atoms with Crippen LogP contribution in [0.2, 0.25) is 0 Å². The number of rotatable bonds is 6. The lowest BCUT2D eigenvalue weighted by Crippen LogP contribution is -2.41. The summed E-state index contributed by atoms with van der Waals surface area (Å²) in [6, 6.07) is 15.2. The van der Waals surface area contributed by atoms with Crippen LogP contribution in [0.3, 0.4) is 0 Å². The molecule has 1 aliphatic rings. The van der Waals surface area contributed by atoms with Crippen LogP contribution in [0.1, 0.15) is 36.3 Å². The molecule has 0 spiro atoms. The number of ether oxygens (including phenoxy) is 2. The fourth-order valence-corrected chi connectivity index (χ4v) is 4.76. The van der Waals surface area contributed by atoms with E-state index in [0.717, 1.165) is 29.9 Å². The Morgan fingerprint density at radius 1 is 1.27 bits per heavy atom. The Bertz CT molecular complexity index is 1060. The monoisotopic (exact) mass is 421 g/mol. The molecule has 1 aromatic heterocycles. The molecule has 0 aliphatic carbocycles. The molecule has 1 aliphatic heterocycles. The third-order valence-corrected chi connectivity index (χ3v) is 6.36. The molecule has 1 fully saturated rings. The van der Waals surface area contributed by atoms with Crippen molar-refractivity contribution in [1.29, 1.82) is 5.26 Å². The summed E-state index contributed by atoms with van der Waals surface area (Å²) in [4.78, 5) is 19.4. The van der Waals surface area contributed by atoms with E-state index in [4.69, 9.17) is 19.7 Å². The predicted molar refractivity (Wildman–Crippen MR) is 116 cm³/mol. The van der Waals surface area contributed by atoms with Gasteiger partial charge in [-0.05, 0) is 44.0 Å². The summed E-state index contributed by atoms with van der Waals surface area (Å²) >= 11 is 1.72. The van der Waals surface area contributed by atoms with E-state index in [0.29, 0.717) is 30.2 Å². The molecule has 4 rings (SSSR count). The SMILES string of the molecule is CCOc1cc(C#N)ccc1OCC(=O)N1CCCC(c2nc3ccccc3s2)C1. The van der Waals surface area contributed by atoms with E-state index in [1.54, 1.807) is 29.5 Å². The Morgan fingerprint density at radius 2 is 2.13 bits per heavy atom. The van der Waals surface area contributed by atoms with Gasteiger partial charge in [-0.15, -0.1) is 11.3 Å². The summed E-state index contributed by atoms with van der Waals surface area (Å²) in [5.41, 5.74) is 1.51. The second-order valence-electron chi connectivity index (χ2n) is 7.19. The van der Waals surface area contributed by atoms with E-state index in [1.165, 1.54) is 4.70 Å². The molecule has 30 heavy (non-hydrogen) atoms. The normalized spacial score (nSPS) is 16.3. The lowest BCUT2D eigenvalue weighted by atomic mass is 9.99. The molecule has 0 N–H and O–H groups in total. The first-order valence-corrected chi connectivity index (χ1v) is 10.9. The summed E-state index contributed by atoms with van der Waals surface area (Å²) in [6.07, 6.45) is 1.99. The van der Waals surface area contributed by atoms with Gasteiger partial charge in [-0.3, -0.25) is 4.79 Å². The molecule has 1 amide bonds. The summed E-state index contributed by atoms with van der Waals surface area (Å²) in [7, 11) is 0. The van der Waals surface area contributed by atoms with Crippen LogP contribution < -0.4 is 9.47 Å². The van der Waals surface area contributed by atoms with Gasteiger partial charge in [0.25, 0.3) is 5.91 Å². The fraction of sp³-hybridized carbons (Fsp3) is 0.348. The van der Waals surface area contributed by atoms with E-state index in [2.05, 4.69) is 12.1 Å². The summed E-state index contributed by atoms with van der Waals surface area (Å²) in [6.45, 7) is 3.65. The molecule has 1 unspecified atom stereocenters. The lowest BCUT2D eigenvalue weighted by Gasteiger charge is -2.31. The standard InChI is InChI=1S/C23H23N3O3S/c1-2-28-20-12-16(13-24)9-10-19(20)29-15-22(27)26-11-5-6-17(14-26)23-25-18-7-3-4-8-21(18)30-23/h3-4,7-10,12,17H,2,5-6,11,14-15H2,1H3. The van der Waals surface area contributed by atoms with Crippen molar-refractivity contribution in [2.24, 2.45) is 0 Å². The molecule has 0 radical (unpaired) electrons. The second-order valence-corrected chi connectivity index (χ2v) is 8.26. The third-order valence-electron chi connectivity index (χ3n) is 5.16. The molecule has 2 aromatic carbocycles. The first kappa shape index (κ1) is 20.2. The zero-order chi connectivity index (χ0) is 20.9. The van der Waals surface area contributed by atoms with Crippen LogP contribution in [0.15, 0.2) is 42.5 Å². The minimum atomic E-state index is -0.0570. The molecule has 1 saturated heterocycles. The molecule has 2 heterocycles. The van der Waals surface area contributed by atoms with Crippen LogP contribution in [0.25, 0.3) is 10.2 Å². The van der Waals surface area contributed by atoms with Gasteiger partial charge in [0.15, 0.2) is 18.1 Å². The predicted octanol–water partition coefficient (Wildman–Crippen LogP) is 4.35. The van der Waals surface area contributed by atoms with Crippen molar-refractivity contribution < 1.29 is 14.3 Å². The van der Waals surface area contributed by atoms with Gasteiger partial charge in [0.1, 0.15) is 0 Å². The van der Waals surface area contributed by atoms with Crippen LogP contribution >= 0.6 is 11.3 Å². The van der Waals surface area contributed by atoms with Crippen molar-refractivity contribution in [2.75, 3.05) is 26.3 Å². The number of amides is 1. The van der Waals surface area contributed by atoms with Gasteiger partial charge in [0, 0.05) is 25.1 Å². The summed E-state index contributed by atoms with van der Waals surface area (Å²) < 4.78 is 12.5. The number of benzene rings is 2. The van der Waals surface area contributed by atoms with Crippen molar-refractivity contribution in [3.8, 4) is 17.6 Å². The number of nitriles is 1. The van der Waals surface area contributed by atoms with E-state index in [9.17, 15) is 4.79 Å². The molecule has 0 bridgehead atoms. The van der Waals surface area contributed by atoms with Crippen molar-refractivity contribution in [3.05, 3.63) is 53.0 Å². The van der Waals surface area contributed by atoms with Crippen LogP contribution in [0, 0.1) is 11.3 Å². The average Bonchev–Trinajstić information content (AvgIpc) is 3.22. The molecule has 3 aromatic rings. The largest absolute Gasteiger partial charge is 0.490 e. The number of hydrogen-bond donors (Lipinski definition) is 0. The molecular weight excluding hydrogens is 398 g/mol. The Labute approximate surface area is 179 Å². The van der Waals surface area contributed by atoms with Crippen LogP contribution in [0.4, 0.5) is 0 Å². The van der Waals surface area contributed by atoms with Crippen molar-refractivity contribution in [1.82, 2.24) is 9.88 Å². The Hall–Kier alpha value is -3.11. The highest BCUT2D eigenvalue weighted by Crippen LogP contribution is 2.33. The van der Waals surface area contributed by atoms with Crippen molar-refractivity contribution in [2.45, 2.75) is 25.7 Å². The van der Waals surface area contributed by atoms with E-state index >= 15 is 0 Å². The summed E-state index contributed by atoms with van der Waals surface area (Å²) in [5, 5.41) is 10.2. The molecule has 1 atom stereocenters. The summed E-state index contributed by atoms with van der Waals surface area (Å²) in [5.74, 6) is 1.17. The second kappa shape index (κ2) is 9.14. The average molecular weight is 422 g/mol. The van der Waals surface area contributed by atoms with Gasteiger partial charge in [-0.25, -0.2) is 4.98 Å². The maximum absolute atomic E-state index is 12.8. The van der Waals surface area contributed by atoms with Crippen molar-refractivity contribution in [3.63, 3.8) is 0 Å². The third kappa shape index (κ3) is 4.39.